The largest absolute Gasteiger partial charge is 0.381 e. The van der Waals surface area contributed by atoms with Crippen molar-refractivity contribution in [1.29, 1.82) is 0 Å². The molecular weight excluding hydrogens is 311 g/mol. The van der Waals surface area contributed by atoms with E-state index >= 15 is 0 Å². The first kappa shape index (κ1) is 15.7. The molecule has 4 heterocycles. The highest BCUT2D eigenvalue weighted by molar-refractivity contribution is 5.78. The van der Waals surface area contributed by atoms with Crippen molar-refractivity contribution in [3.8, 4) is 0 Å². The van der Waals surface area contributed by atoms with E-state index < -0.39 is 5.82 Å². The van der Waals surface area contributed by atoms with Gasteiger partial charge in [0.25, 0.3) is 0 Å². The number of aromatic nitrogens is 2. The molecular formula is C17H23FN4O2. The van der Waals surface area contributed by atoms with Gasteiger partial charge in [-0.25, -0.2) is 14.4 Å². The van der Waals surface area contributed by atoms with Crippen LogP contribution in [0.15, 0.2) is 12.4 Å². The third kappa shape index (κ3) is 2.97. The van der Waals surface area contributed by atoms with Crippen molar-refractivity contribution >= 4 is 11.9 Å². The standard InChI is InChI=1S/C17H23FN4O2/c18-13-9-19-17(20-10-13)21-6-3-15-14(21)1-2-16(23)22(15)11-12-4-7-24-8-5-12/h9-10,12,14-15H,1-8,11H2. The molecule has 7 heteroatoms. The molecule has 0 bridgehead atoms. The highest BCUT2D eigenvalue weighted by Gasteiger charge is 2.44. The van der Waals surface area contributed by atoms with Crippen LogP contribution in [-0.4, -0.2) is 59.2 Å². The van der Waals surface area contributed by atoms with E-state index in [0.717, 1.165) is 52.0 Å². The zero-order chi connectivity index (χ0) is 16.5. The van der Waals surface area contributed by atoms with Crippen LogP contribution in [0.4, 0.5) is 10.3 Å². The number of carbonyl (C=O) groups is 1. The van der Waals surface area contributed by atoms with Gasteiger partial charge in [0.15, 0.2) is 5.82 Å². The molecule has 0 aliphatic carbocycles. The Morgan fingerprint density at radius 1 is 1.12 bits per heavy atom. The van der Waals surface area contributed by atoms with Gasteiger partial charge in [-0.05, 0) is 31.6 Å². The summed E-state index contributed by atoms with van der Waals surface area (Å²) in [4.78, 5) is 25.0. The molecule has 0 saturated carbocycles. The van der Waals surface area contributed by atoms with Gasteiger partial charge in [-0.2, -0.15) is 0 Å². The highest BCUT2D eigenvalue weighted by Crippen LogP contribution is 2.34. The van der Waals surface area contributed by atoms with Crippen LogP contribution in [0.5, 0.6) is 0 Å². The summed E-state index contributed by atoms with van der Waals surface area (Å²) < 4.78 is 18.5. The molecule has 0 spiro atoms. The maximum atomic E-state index is 13.1. The van der Waals surface area contributed by atoms with Gasteiger partial charge in [0.2, 0.25) is 11.9 Å². The van der Waals surface area contributed by atoms with Gasteiger partial charge < -0.3 is 14.5 Å². The number of ether oxygens (including phenoxy) is 1. The Morgan fingerprint density at radius 2 is 1.88 bits per heavy atom. The number of hydrogen-bond acceptors (Lipinski definition) is 5. The van der Waals surface area contributed by atoms with Crippen molar-refractivity contribution in [3.05, 3.63) is 18.2 Å². The first-order chi connectivity index (χ1) is 11.7. The molecule has 4 rings (SSSR count). The van der Waals surface area contributed by atoms with Crippen LogP contribution < -0.4 is 4.90 Å². The van der Waals surface area contributed by atoms with Gasteiger partial charge in [-0.1, -0.05) is 0 Å². The molecule has 3 aliphatic heterocycles. The number of amides is 1. The number of rotatable bonds is 3. The van der Waals surface area contributed by atoms with Gasteiger partial charge in [-0.15, -0.1) is 0 Å². The van der Waals surface area contributed by atoms with E-state index in [0.29, 0.717) is 18.3 Å². The summed E-state index contributed by atoms with van der Waals surface area (Å²) in [6.07, 6.45) is 6.82. The van der Waals surface area contributed by atoms with Gasteiger partial charge in [-0.3, -0.25) is 4.79 Å². The van der Waals surface area contributed by atoms with Crippen molar-refractivity contribution in [2.24, 2.45) is 5.92 Å². The number of hydrogen-bond donors (Lipinski definition) is 0. The fourth-order valence-electron chi connectivity index (χ4n) is 4.30. The maximum Gasteiger partial charge on any atom is 0.225 e. The van der Waals surface area contributed by atoms with E-state index in [1.807, 2.05) is 0 Å². The number of halogens is 1. The maximum absolute atomic E-state index is 13.1. The SMILES string of the molecule is O=C1CCC2C(CCN2c2ncc(F)cn2)N1CC1CCOCC1. The topological polar surface area (TPSA) is 58.6 Å². The molecule has 3 aliphatic rings. The zero-order valence-electron chi connectivity index (χ0n) is 13.7. The lowest BCUT2D eigenvalue weighted by Crippen LogP contribution is -2.54. The van der Waals surface area contributed by atoms with Crippen LogP contribution in [0.2, 0.25) is 0 Å². The lowest BCUT2D eigenvalue weighted by molar-refractivity contribution is -0.137. The molecule has 24 heavy (non-hydrogen) atoms. The molecule has 0 N–H and O–H groups in total. The fourth-order valence-corrected chi connectivity index (χ4v) is 4.30. The molecule has 3 fully saturated rings. The van der Waals surface area contributed by atoms with E-state index in [1.54, 1.807) is 0 Å². The molecule has 2 atom stereocenters. The Balaban J connectivity index is 1.49. The van der Waals surface area contributed by atoms with Crippen molar-refractivity contribution in [1.82, 2.24) is 14.9 Å². The number of fused-ring (bicyclic) bond motifs is 1. The van der Waals surface area contributed by atoms with E-state index in [1.165, 1.54) is 12.4 Å². The predicted molar refractivity (Wildman–Crippen MR) is 86.0 cm³/mol. The minimum Gasteiger partial charge on any atom is -0.381 e. The normalized spacial score (nSPS) is 28.3. The van der Waals surface area contributed by atoms with Crippen molar-refractivity contribution in [2.45, 2.75) is 44.2 Å². The lowest BCUT2D eigenvalue weighted by Gasteiger charge is -2.41. The fraction of sp³-hybridized carbons (Fsp3) is 0.706. The summed E-state index contributed by atoms with van der Waals surface area (Å²) >= 11 is 0. The molecule has 0 aromatic carbocycles. The van der Waals surface area contributed by atoms with Gasteiger partial charge in [0.1, 0.15) is 0 Å². The Bertz CT molecular complexity index is 591. The Morgan fingerprint density at radius 3 is 2.62 bits per heavy atom. The van der Waals surface area contributed by atoms with Crippen molar-refractivity contribution in [3.63, 3.8) is 0 Å². The van der Waals surface area contributed by atoms with Crippen molar-refractivity contribution < 1.29 is 13.9 Å². The average molecular weight is 334 g/mol. The second-order valence-corrected chi connectivity index (χ2v) is 6.96. The second kappa shape index (κ2) is 6.63. The number of nitrogens with zero attached hydrogens (tertiary/aromatic N) is 4. The molecule has 1 aromatic rings. The third-order valence-electron chi connectivity index (χ3n) is 5.54. The molecule has 1 aromatic heterocycles. The number of anilines is 1. The Labute approximate surface area is 141 Å². The van der Waals surface area contributed by atoms with Crippen LogP contribution in [-0.2, 0) is 9.53 Å². The van der Waals surface area contributed by atoms with E-state index in [9.17, 15) is 9.18 Å². The van der Waals surface area contributed by atoms with Gasteiger partial charge in [0.05, 0.1) is 24.5 Å². The minimum absolute atomic E-state index is 0.225. The van der Waals surface area contributed by atoms with Crippen LogP contribution in [0.25, 0.3) is 0 Å². The first-order valence-corrected chi connectivity index (χ1v) is 8.84. The summed E-state index contributed by atoms with van der Waals surface area (Å²) in [5, 5.41) is 0. The predicted octanol–water partition coefficient (Wildman–Crippen LogP) is 1.61. The van der Waals surface area contributed by atoms with E-state index in [2.05, 4.69) is 19.8 Å². The highest BCUT2D eigenvalue weighted by atomic mass is 19.1. The monoisotopic (exact) mass is 334 g/mol. The van der Waals surface area contributed by atoms with Crippen LogP contribution >= 0.6 is 0 Å². The summed E-state index contributed by atoms with van der Waals surface area (Å²) in [6.45, 7) is 3.26. The van der Waals surface area contributed by atoms with E-state index in [4.69, 9.17) is 4.74 Å². The van der Waals surface area contributed by atoms with Crippen LogP contribution in [0.3, 0.4) is 0 Å². The van der Waals surface area contributed by atoms with Crippen LogP contribution in [0.1, 0.15) is 32.1 Å². The summed E-state index contributed by atoms with van der Waals surface area (Å²) in [7, 11) is 0. The van der Waals surface area contributed by atoms with Crippen molar-refractivity contribution in [2.75, 3.05) is 31.2 Å². The molecule has 130 valence electrons. The molecule has 1 amide bonds. The molecule has 2 unspecified atom stereocenters. The Hall–Kier alpha value is -1.76. The molecule has 6 nitrogen and oxygen atoms in total. The summed E-state index contributed by atoms with van der Waals surface area (Å²) in [5.74, 6) is 0.959. The Kier molecular flexibility index (Phi) is 4.35. The molecule has 3 saturated heterocycles. The van der Waals surface area contributed by atoms with E-state index in [-0.39, 0.29) is 18.0 Å². The smallest absolute Gasteiger partial charge is 0.225 e. The molecule has 0 radical (unpaired) electrons. The average Bonchev–Trinajstić information content (AvgIpc) is 3.03. The van der Waals surface area contributed by atoms with Gasteiger partial charge >= 0.3 is 0 Å². The van der Waals surface area contributed by atoms with Gasteiger partial charge in [0, 0.05) is 32.7 Å². The number of piperidine rings is 1. The minimum atomic E-state index is -0.422. The third-order valence-corrected chi connectivity index (χ3v) is 5.54. The zero-order valence-corrected chi connectivity index (χ0v) is 13.7. The number of likely N-dealkylation sites (tertiary alicyclic amines) is 1. The summed E-state index contributed by atoms with van der Waals surface area (Å²) in [5.41, 5.74) is 0. The first-order valence-electron chi connectivity index (χ1n) is 8.84. The van der Waals surface area contributed by atoms with Crippen LogP contribution in [0, 0.1) is 11.7 Å². The second-order valence-electron chi connectivity index (χ2n) is 6.96. The number of carbonyl (C=O) groups excluding carboxylic acids is 1. The summed E-state index contributed by atoms with van der Waals surface area (Å²) in [6, 6.07) is 0.468. The lowest BCUT2D eigenvalue weighted by atomic mass is 9.92. The quantitative estimate of drug-likeness (QED) is 0.841.